The Hall–Kier alpha value is -3.76. The van der Waals surface area contributed by atoms with Crippen molar-refractivity contribution < 1.29 is 34.1 Å². The Kier molecular flexibility index (Phi) is 14.8. The fourth-order valence-electron chi connectivity index (χ4n) is 5.00. The smallest absolute Gasteiger partial charge is 0.328 e. The summed E-state index contributed by atoms with van der Waals surface area (Å²) in [5, 5.41) is 15.6. The van der Waals surface area contributed by atoms with E-state index in [1.54, 1.807) is 7.11 Å². The van der Waals surface area contributed by atoms with Gasteiger partial charge in [-0.05, 0) is 48.7 Å². The fraction of sp³-hybridized carbons (Fsp3) is 0.441. The quantitative estimate of drug-likeness (QED) is 0.141. The average Bonchev–Trinajstić information content (AvgIpc) is 3.19. The lowest BCUT2D eigenvalue weighted by molar-refractivity contribution is -0.144. The van der Waals surface area contributed by atoms with Crippen LogP contribution in [0.15, 0.2) is 64.4 Å². The number of unbranched alkanes of at least 4 members (excludes halogenated alkanes) is 4. The maximum atomic E-state index is 11.9. The van der Waals surface area contributed by atoms with E-state index in [1.165, 1.54) is 45.9 Å². The molecule has 4 rings (SSSR count). The maximum Gasteiger partial charge on any atom is 0.328 e. The fourth-order valence-corrected chi connectivity index (χ4v) is 6.04. The van der Waals surface area contributed by atoms with Gasteiger partial charge in [0.2, 0.25) is 0 Å². The van der Waals surface area contributed by atoms with Gasteiger partial charge in [-0.2, -0.15) is 0 Å². The number of carbonyl (C=O) groups excluding carboxylic acids is 1. The second-order valence-electron chi connectivity index (χ2n) is 10.6. The third-order valence-corrected chi connectivity index (χ3v) is 8.51. The number of hydrogen-bond donors (Lipinski definition) is 2. The van der Waals surface area contributed by atoms with Crippen molar-refractivity contribution in [3.05, 3.63) is 65.7 Å². The van der Waals surface area contributed by atoms with Crippen LogP contribution in [0, 0.1) is 0 Å². The third-order valence-electron chi connectivity index (χ3n) is 7.34. The van der Waals surface area contributed by atoms with E-state index in [0.717, 1.165) is 57.7 Å². The number of hydrogen-bond acceptors (Lipinski definition) is 8. The lowest BCUT2D eigenvalue weighted by atomic mass is 10.1. The monoisotopic (exact) mass is 624 g/mol. The lowest BCUT2D eigenvalue weighted by Gasteiger charge is -2.37. The highest BCUT2D eigenvalue weighted by atomic mass is 32.2. The van der Waals surface area contributed by atoms with Gasteiger partial charge < -0.3 is 24.6 Å². The Bertz CT molecular complexity index is 1290. The Balaban J connectivity index is 0.000000583. The van der Waals surface area contributed by atoms with Crippen LogP contribution in [-0.4, -0.2) is 84.4 Å². The van der Waals surface area contributed by atoms with Gasteiger partial charge in [-0.15, -0.1) is 0 Å². The molecule has 10 heteroatoms. The number of nitrogens with zero attached hydrogens (tertiary/aromatic N) is 2. The Labute approximate surface area is 264 Å². The summed E-state index contributed by atoms with van der Waals surface area (Å²) in [5.41, 5.74) is 3.78. The number of methoxy groups -OCH3 is 1. The average molecular weight is 625 g/mol. The molecule has 0 bridgehead atoms. The number of carboxylic acid groups (broad SMARTS) is 2. The number of benzene rings is 2. The van der Waals surface area contributed by atoms with Crippen molar-refractivity contribution in [2.75, 3.05) is 46.4 Å². The van der Waals surface area contributed by atoms with E-state index in [9.17, 15) is 14.4 Å². The molecule has 2 N–H and O–H groups in total. The molecule has 2 aromatic rings. The Morgan fingerprint density at radius 3 is 2.27 bits per heavy atom. The Morgan fingerprint density at radius 2 is 1.59 bits per heavy atom. The van der Waals surface area contributed by atoms with E-state index in [2.05, 4.69) is 65.3 Å². The van der Waals surface area contributed by atoms with Crippen LogP contribution < -0.4 is 4.74 Å². The Morgan fingerprint density at radius 1 is 0.886 bits per heavy atom. The molecular weight excluding hydrogens is 580 g/mol. The van der Waals surface area contributed by atoms with Gasteiger partial charge in [-0.1, -0.05) is 62.6 Å². The van der Waals surface area contributed by atoms with E-state index in [-0.39, 0.29) is 5.97 Å². The second kappa shape index (κ2) is 18.8. The maximum absolute atomic E-state index is 11.9. The zero-order chi connectivity index (χ0) is 31.7. The predicted octanol–water partition coefficient (Wildman–Crippen LogP) is 6.28. The first-order valence-corrected chi connectivity index (χ1v) is 16.1. The minimum Gasteiger partial charge on any atom is -0.497 e. The van der Waals surface area contributed by atoms with Crippen molar-refractivity contribution in [1.82, 2.24) is 9.80 Å². The number of carboxylic acids is 2. The topological polar surface area (TPSA) is 117 Å². The first-order valence-electron chi connectivity index (χ1n) is 15.2. The summed E-state index contributed by atoms with van der Waals surface area (Å²) in [6.45, 7) is 7.69. The molecule has 2 aromatic carbocycles. The normalized spacial score (nSPS) is 14.4. The van der Waals surface area contributed by atoms with Gasteiger partial charge in [0.15, 0.2) is 0 Å². The first-order chi connectivity index (χ1) is 21.3. The van der Waals surface area contributed by atoms with Gasteiger partial charge in [0.25, 0.3) is 0 Å². The molecule has 0 saturated carbocycles. The van der Waals surface area contributed by atoms with E-state index < -0.39 is 11.9 Å². The van der Waals surface area contributed by atoms with Crippen LogP contribution >= 0.6 is 11.8 Å². The van der Waals surface area contributed by atoms with Gasteiger partial charge in [-0.25, -0.2) is 9.59 Å². The van der Waals surface area contributed by atoms with Crippen molar-refractivity contribution >= 4 is 41.4 Å². The molecule has 0 unspecified atom stereocenters. The van der Waals surface area contributed by atoms with Crippen LogP contribution in [0.5, 0.6) is 5.75 Å². The summed E-state index contributed by atoms with van der Waals surface area (Å²) in [6.07, 6.45) is 10.7. The molecule has 2 aliphatic heterocycles. The predicted molar refractivity (Wildman–Crippen MR) is 173 cm³/mol. The largest absolute Gasteiger partial charge is 0.497 e. The van der Waals surface area contributed by atoms with E-state index in [4.69, 9.17) is 19.7 Å². The van der Waals surface area contributed by atoms with Crippen molar-refractivity contribution in [3.8, 4) is 5.75 Å². The number of fused-ring (bicyclic) bond motifs is 2. The molecule has 238 valence electrons. The minimum absolute atomic E-state index is 0.0381. The van der Waals surface area contributed by atoms with Gasteiger partial charge >= 0.3 is 17.9 Å². The number of piperazine rings is 1. The number of esters is 1. The molecule has 2 heterocycles. The molecule has 0 aliphatic carbocycles. The molecule has 0 radical (unpaired) electrons. The molecule has 0 atom stereocenters. The van der Waals surface area contributed by atoms with Crippen molar-refractivity contribution in [2.24, 2.45) is 0 Å². The molecule has 9 nitrogen and oxygen atoms in total. The molecule has 44 heavy (non-hydrogen) atoms. The van der Waals surface area contributed by atoms with Crippen LogP contribution in [0.25, 0.3) is 11.8 Å². The summed E-state index contributed by atoms with van der Waals surface area (Å²) in [7, 11) is 1.73. The van der Waals surface area contributed by atoms with Gasteiger partial charge in [0.1, 0.15) is 5.75 Å². The second-order valence-corrected chi connectivity index (χ2v) is 11.7. The van der Waals surface area contributed by atoms with Crippen molar-refractivity contribution in [2.45, 2.75) is 61.7 Å². The molecular formula is C34H44N2O7S. The molecule has 1 fully saturated rings. The summed E-state index contributed by atoms with van der Waals surface area (Å²) in [6, 6.07) is 15.0. The zero-order valence-corrected chi connectivity index (χ0v) is 26.5. The van der Waals surface area contributed by atoms with Gasteiger partial charge in [-0.3, -0.25) is 9.69 Å². The van der Waals surface area contributed by atoms with Crippen LogP contribution in [0.4, 0.5) is 0 Å². The minimum atomic E-state index is -1.26. The molecule has 0 aromatic heterocycles. The zero-order valence-electron chi connectivity index (χ0n) is 25.7. The van der Waals surface area contributed by atoms with E-state index in [0.29, 0.717) is 25.2 Å². The van der Waals surface area contributed by atoms with E-state index in [1.807, 2.05) is 11.8 Å². The van der Waals surface area contributed by atoms with Crippen molar-refractivity contribution in [3.63, 3.8) is 0 Å². The molecule has 0 amide bonds. The standard InChI is InChI=1S/C30H40N2O3S.C4H4O4/c1-3-4-5-6-7-13-30(33)35-21-10-16-31-17-19-32(20-18-31)27-22-24-11-8-9-12-28(24)36-29-15-14-25(34-2)23-26(27)29;5-3(6)1-2-4(7)8/h8-9,11-12,14-15,22-23H,3-7,10,13,16-21H2,1-2H3;1-2H,(H,5,6)(H,7,8)/b;2-1-. The highest BCUT2D eigenvalue weighted by molar-refractivity contribution is 7.99. The van der Waals surface area contributed by atoms with Crippen molar-refractivity contribution in [1.29, 1.82) is 0 Å². The summed E-state index contributed by atoms with van der Waals surface area (Å²) in [5.74, 6) is -1.66. The van der Waals surface area contributed by atoms with Crippen LogP contribution in [0.1, 0.15) is 63.0 Å². The first kappa shape index (κ1) is 34.7. The molecule has 2 aliphatic rings. The van der Waals surface area contributed by atoms with E-state index >= 15 is 0 Å². The highest BCUT2D eigenvalue weighted by Gasteiger charge is 2.24. The lowest BCUT2D eigenvalue weighted by Crippen LogP contribution is -2.45. The number of carbonyl (C=O) groups is 3. The van der Waals surface area contributed by atoms with Gasteiger partial charge in [0, 0.05) is 72.3 Å². The van der Waals surface area contributed by atoms with Gasteiger partial charge in [0.05, 0.1) is 13.7 Å². The number of rotatable bonds is 14. The summed E-state index contributed by atoms with van der Waals surface area (Å²) >= 11 is 1.83. The summed E-state index contributed by atoms with van der Waals surface area (Å²) < 4.78 is 11.0. The third kappa shape index (κ3) is 11.7. The molecule has 0 spiro atoms. The number of ether oxygens (including phenoxy) is 2. The molecule has 1 saturated heterocycles. The summed E-state index contributed by atoms with van der Waals surface area (Å²) in [4.78, 5) is 38.6. The van der Waals surface area contributed by atoms with Crippen LogP contribution in [0.3, 0.4) is 0 Å². The highest BCUT2D eigenvalue weighted by Crippen LogP contribution is 2.42. The number of aliphatic carboxylic acids is 2. The van der Waals surface area contributed by atoms with Crippen LogP contribution in [-0.2, 0) is 19.1 Å². The SMILES string of the molecule is CCCCCCCC(=O)OCCCN1CCN(C2=Cc3ccccc3Sc3ccc(OC)cc32)CC1.O=C(O)/C=C\C(=O)O. The van der Waals surface area contributed by atoms with Crippen LogP contribution in [0.2, 0.25) is 0 Å².